The van der Waals surface area contributed by atoms with Crippen molar-refractivity contribution in [2.24, 2.45) is 0 Å². The van der Waals surface area contributed by atoms with E-state index in [-0.39, 0.29) is 5.56 Å². The molecule has 23 heavy (non-hydrogen) atoms. The summed E-state index contributed by atoms with van der Waals surface area (Å²) in [5.74, 6) is -0.119. The third-order valence-electron chi connectivity index (χ3n) is 2.82. The molecule has 0 unspecified atom stereocenters. The minimum Gasteiger partial charge on any atom is -0.492 e. The van der Waals surface area contributed by atoms with Crippen LogP contribution in [0.1, 0.15) is 24.2 Å². The van der Waals surface area contributed by atoms with Crippen LogP contribution < -0.4 is 14.8 Å². The van der Waals surface area contributed by atoms with Gasteiger partial charge >= 0.3 is 5.97 Å². The molecule has 0 heterocycles. The first kappa shape index (κ1) is 19.0. The molecule has 1 N–H and O–H groups in total. The first-order chi connectivity index (χ1) is 10.9. The van der Waals surface area contributed by atoms with Gasteiger partial charge in [0, 0.05) is 6.54 Å². The topological polar surface area (TPSA) is 73.9 Å². The van der Waals surface area contributed by atoms with E-state index in [1.165, 1.54) is 20.1 Å². The lowest BCUT2D eigenvalue weighted by molar-refractivity contribution is -0.128. The average molecular weight is 386 g/mol. The zero-order valence-corrected chi connectivity index (χ0v) is 14.9. The van der Waals surface area contributed by atoms with Crippen molar-refractivity contribution in [3.8, 4) is 11.5 Å². The Labute approximate surface area is 143 Å². The fourth-order valence-electron chi connectivity index (χ4n) is 1.75. The maximum absolute atomic E-state index is 12.2. The average Bonchev–Trinajstić information content (AvgIpc) is 2.52. The maximum atomic E-state index is 12.2. The van der Waals surface area contributed by atoms with E-state index in [1.54, 1.807) is 12.1 Å². The van der Waals surface area contributed by atoms with Crippen LogP contribution in [-0.2, 0) is 9.53 Å². The van der Waals surface area contributed by atoms with Crippen LogP contribution in [0.15, 0.2) is 29.3 Å². The number of benzene rings is 1. The second-order valence-electron chi connectivity index (χ2n) is 4.50. The molecule has 1 aromatic rings. The zero-order valence-electron chi connectivity index (χ0n) is 13.3. The predicted molar refractivity (Wildman–Crippen MR) is 89.9 cm³/mol. The van der Waals surface area contributed by atoms with Gasteiger partial charge in [-0.2, -0.15) is 0 Å². The molecule has 0 fully saturated rings. The Balaban J connectivity index is 2.91. The van der Waals surface area contributed by atoms with Gasteiger partial charge in [-0.15, -0.1) is 6.58 Å². The summed E-state index contributed by atoms with van der Waals surface area (Å²) in [4.78, 5) is 23.9. The molecule has 0 saturated heterocycles. The largest absolute Gasteiger partial charge is 0.492 e. The standard InChI is InChI=1S/C16H20BrNO5/c1-5-7-18-15(19)10(3)23-16(20)11-8-12(17)14(21-4)13(9-11)22-6-2/h5,8-10H,1,6-7H2,2-4H3,(H,18,19)/t10-/m0/s1. The molecule has 1 aromatic carbocycles. The van der Waals surface area contributed by atoms with Crippen molar-refractivity contribution in [1.82, 2.24) is 5.32 Å². The van der Waals surface area contributed by atoms with Crippen molar-refractivity contribution in [1.29, 1.82) is 0 Å². The second-order valence-corrected chi connectivity index (χ2v) is 5.36. The Morgan fingerprint density at radius 3 is 2.70 bits per heavy atom. The van der Waals surface area contributed by atoms with Crippen LogP contribution in [-0.4, -0.2) is 38.2 Å². The fourth-order valence-corrected chi connectivity index (χ4v) is 2.35. The van der Waals surface area contributed by atoms with Crippen LogP contribution in [0.4, 0.5) is 0 Å². The van der Waals surface area contributed by atoms with Crippen LogP contribution in [0.5, 0.6) is 11.5 Å². The van der Waals surface area contributed by atoms with Gasteiger partial charge in [0.25, 0.3) is 5.91 Å². The molecule has 0 radical (unpaired) electrons. The second kappa shape index (κ2) is 9.19. The van der Waals surface area contributed by atoms with Crippen molar-refractivity contribution in [3.63, 3.8) is 0 Å². The van der Waals surface area contributed by atoms with Gasteiger partial charge in [-0.25, -0.2) is 4.79 Å². The number of rotatable bonds is 8. The van der Waals surface area contributed by atoms with E-state index in [9.17, 15) is 9.59 Å². The van der Waals surface area contributed by atoms with Gasteiger partial charge in [0.1, 0.15) is 0 Å². The van der Waals surface area contributed by atoms with Gasteiger partial charge in [-0.05, 0) is 41.9 Å². The molecule has 126 valence electrons. The number of ether oxygens (including phenoxy) is 3. The lowest BCUT2D eigenvalue weighted by Gasteiger charge is -2.15. The van der Waals surface area contributed by atoms with Crippen molar-refractivity contribution >= 4 is 27.8 Å². The summed E-state index contributed by atoms with van der Waals surface area (Å²) in [5, 5.41) is 2.56. The molecule has 0 aliphatic rings. The number of carbonyl (C=O) groups excluding carboxylic acids is 2. The van der Waals surface area contributed by atoms with Gasteiger partial charge in [0.2, 0.25) is 0 Å². The minimum absolute atomic E-state index is 0.254. The first-order valence-electron chi connectivity index (χ1n) is 7.04. The molecule has 1 rings (SSSR count). The molecular formula is C16H20BrNO5. The highest BCUT2D eigenvalue weighted by atomic mass is 79.9. The molecule has 0 aromatic heterocycles. The number of hydrogen-bond acceptors (Lipinski definition) is 5. The molecule has 6 nitrogen and oxygen atoms in total. The van der Waals surface area contributed by atoms with E-state index in [0.717, 1.165) is 0 Å². The van der Waals surface area contributed by atoms with E-state index in [2.05, 4.69) is 27.8 Å². The van der Waals surface area contributed by atoms with Crippen LogP contribution in [0.25, 0.3) is 0 Å². The smallest absolute Gasteiger partial charge is 0.339 e. The lowest BCUT2D eigenvalue weighted by Crippen LogP contribution is -2.35. The predicted octanol–water partition coefficient (Wildman–Crippen LogP) is 2.70. The molecule has 0 aliphatic carbocycles. The summed E-state index contributed by atoms with van der Waals surface area (Å²) < 4.78 is 16.4. The summed E-state index contributed by atoms with van der Waals surface area (Å²) >= 11 is 3.32. The van der Waals surface area contributed by atoms with Crippen LogP contribution in [0.3, 0.4) is 0 Å². The van der Waals surface area contributed by atoms with Gasteiger partial charge < -0.3 is 19.5 Å². The lowest BCUT2D eigenvalue weighted by atomic mass is 10.2. The summed E-state index contributed by atoms with van der Waals surface area (Å²) in [6.07, 6.45) is 0.625. The quantitative estimate of drug-likeness (QED) is 0.549. The highest BCUT2D eigenvalue weighted by Gasteiger charge is 2.21. The van der Waals surface area contributed by atoms with Crippen molar-refractivity contribution < 1.29 is 23.8 Å². The van der Waals surface area contributed by atoms with E-state index in [1.807, 2.05) is 6.92 Å². The minimum atomic E-state index is -0.918. The monoisotopic (exact) mass is 385 g/mol. The molecular weight excluding hydrogens is 366 g/mol. The molecule has 1 amide bonds. The maximum Gasteiger partial charge on any atom is 0.339 e. The number of halogens is 1. The Kier molecular flexibility index (Phi) is 7.61. The SMILES string of the molecule is C=CCNC(=O)[C@H](C)OC(=O)c1cc(Br)c(OC)c(OCC)c1. The van der Waals surface area contributed by atoms with E-state index >= 15 is 0 Å². The van der Waals surface area contributed by atoms with Crippen molar-refractivity contribution in [2.45, 2.75) is 20.0 Å². The van der Waals surface area contributed by atoms with E-state index in [4.69, 9.17) is 14.2 Å². The first-order valence-corrected chi connectivity index (χ1v) is 7.83. The van der Waals surface area contributed by atoms with Gasteiger partial charge in [0.15, 0.2) is 17.6 Å². The van der Waals surface area contributed by atoms with E-state index < -0.39 is 18.0 Å². The van der Waals surface area contributed by atoms with E-state index in [0.29, 0.717) is 29.1 Å². The van der Waals surface area contributed by atoms with Crippen LogP contribution in [0.2, 0.25) is 0 Å². The number of amides is 1. The molecule has 0 aliphatic heterocycles. The Morgan fingerprint density at radius 1 is 1.43 bits per heavy atom. The van der Waals surface area contributed by atoms with Gasteiger partial charge in [-0.1, -0.05) is 6.08 Å². The van der Waals surface area contributed by atoms with Gasteiger partial charge in [-0.3, -0.25) is 4.79 Å². The van der Waals surface area contributed by atoms with Crippen molar-refractivity contribution in [2.75, 3.05) is 20.3 Å². The molecule has 7 heteroatoms. The number of hydrogen-bond donors (Lipinski definition) is 1. The summed E-state index contributed by atoms with van der Waals surface area (Å²) in [7, 11) is 1.51. The Morgan fingerprint density at radius 2 is 2.13 bits per heavy atom. The van der Waals surface area contributed by atoms with Gasteiger partial charge in [0.05, 0.1) is 23.8 Å². The third-order valence-corrected chi connectivity index (χ3v) is 3.41. The van der Waals surface area contributed by atoms with Crippen molar-refractivity contribution in [3.05, 3.63) is 34.8 Å². The Bertz CT molecular complexity index is 588. The summed E-state index contributed by atoms with van der Waals surface area (Å²) in [6, 6.07) is 3.07. The zero-order chi connectivity index (χ0) is 17.4. The summed E-state index contributed by atoms with van der Waals surface area (Å²) in [6.45, 7) is 7.55. The Hall–Kier alpha value is -2.02. The van der Waals surface area contributed by atoms with Crippen LogP contribution in [0, 0.1) is 0 Å². The molecule has 0 bridgehead atoms. The third kappa shape index (κ3) is 5.28. The van der Waals surface area contributed by atoms with Crippen LogP contribution >= 0.6 is 15.9 Å². The fraction of sp³-hybridized carbons (Fsp3) is 0.375. The number of esters is 1. The summed E-state index contributed by atoms with van der Waals surface area (Å²) in [5.41, 5.74) is 0.254. The number of carbonyl (C=O) groups is 2. The highest BCUT2D eigenvalue weighted by Crippen LogP contribution is 2.36. The number of nitrogens with one attached hydrogen (secondary N) is 1. The molecule has 0 spiro atoms. The molecule has 0 saturated carbocycles. The molecule has 1 atom stereocenters. The number of methoxy groups -OCH3 is 1. The normalized spacial score (nSPS) is 11.3. The highest BCUT2D eigenvalue weighted by molar-refractivity contribution is 9.10.